The molecule has 0 saturated heterocycles. The van der Waals surface area contributed by atoms with Crippen molar-refractivity contribution in [1.29, 1.82) is 0 Å². The smallest absolute Gasteiger partial charge is 0.223 e. The lowest BCUT2D eigenvalue weighted by molar-refractivity contribution is 0.810. The van der Waals surface area contributed by atoms with Gasteiger partial charge in [0.1, 0.15) is 16.5 Å². The van der Waals surface area contributed by atoms with Gasteiger partial charge in [0.25, 0.3) is 0 Å². The van der Waals surface area contributed by atoms with Crippen molar-refractivity contribution in [2.75, 3.05) is 5.73 Å². The minimum Gasteiger partial charge on any atom is -0.368 e. The zero-order valence-electron chi connectivity index (χ0n) is 9.38. The second-order valence-electron chi connectivity index (χ2n) is 3.66. The fourth-order valence-corrected chi connectivity index (χ4v) is 2.50. The van der Waals surface area contributed by atoms with E-state index in [2.05, 4.69) is 20.1 Å². The second kappa shape index (κ2) is 3.49. The first-order valence-corrected chi connectivity index (χ1v) is 5.94. The summed E-state index contributed by atoms with van der Waals surface area (Å²) in [5.41, 5.74) is 5.70. The van der Waals surface area contributed by atoms with Gasteiger partial charge in [-0.1, -0.05) is 0 Å². The molecule has 0 amide bonds. The Bertz CT molecular complexity index is 698. The summed E-state index contributed by atoms with van der Waals surface area (Å²) in [4.78, 5) is 13.6. The summed E-state index contributed by atoms with van der Waals surface area (Å²) in [6.45, 7) is 3.73. The standard InChI is InChI=1S/C10H10N6S/c1-5-12-6(2)16(15-5)8-7-3-4-17-9(7)14-10(11)13-8/h3-4H,1-2H3,(H2,11,13,14). The molecule has 0 aromatic carbocycles. The molecule has 3 heterocycles. The van der Waals surface area contributed by atoms with Crippen molar-refractivity contribution >= 4 is 27.5 Å². The zero-order chi connectivity index (χ0) is 12.0. The molecule has 0 bridgehead atoms. The molecule has 0 aliphatic heterocycles. The number of aromatic nitrogens is 5. The zero-order valence-corrected chi connectivity index (χ0v) is 10.2. The molecule has 6 nitrogen and oxygen atoms in total. The van der Waals surface area contributed by atoms with Crippen molar-refractivity contribution in [2.24, 2.45) is 0 Å². The largest absolute Gasteiger partial charge is 0.368 e. The highest BCUT2D eigenvalue weighted by Gasteiger charge is 2.13. The lowest BCUT2D eigenvalue weighted by atomic mass is 10.4. The normalized spacial score (nSPS) is 11.2. The number of thiophene rings is 1. The van der Waals surface area contributed by atoms with Crippen LogP contribution in [0.5, 0.6) is 0 Å². The number of hydrogen-bond acceptors (Lipinski definition) is 6. The molecule has 3 rings (SSSR count). The van der Waals surface area contributed by atoms with Crippen LogP contribution < -0.4 is 5.73 Å². The molecule has 3 aromatic heterocycles. The van der Waals surface area contributed by atoms with Gasteiger partial charge in [-0.2, -0.15) is 9.67 Å². The highest BCUT2D eigenvalue weighted by Crippen LogP contribution is 2.24. The lowest BCUT2D eigenvalue weighted by Gasteiger charge is -2.04. The average Bonchev–Trinajstić information content (AvgIpc) is 2.83. The number of hydrogen-bond donors (Lipinski definition) is 1. The van der Waals surface area contributed by atoms with Crippen LogP contribution in [0.2, 0.25) is 0 Å². The lowest BCUT2D eigenvalue weighted by Crippen LogP contribution is -2.06. The molecular weight excluding hydrogens is 236 g/mol. The van der Waals surface area contributed by atoms with E-state index in [0.717, 1.165) is 16.0 Å². The third kappa shape index (κ3) is 1.55. The van der Waals surface area contributed by atoms with Gasteiger partial charge in [-0.3, -0.25) is 0 Å². The predicted octanol–water partition coefficient (Wildman–Crippen LogP) is 1.47. The molecule has 2 N–H and O–H groups in total. The summed E-state index contributed by atoms with van der Waals surface area (Å²) in [5.74, 6) is 2.44. The van der Waals surface area contributed by atoms with Crippen LogP contribution in [-0.4, -0.2) is 24.7 Å². The fourth-order valence-electron chi connectivity index (χ4n) is 1.74. The molecule has 0 radical (unpaired) electrons. The van der Waals surface area contributed by atoms with Crippen LogP contribution in [0.3, 0.4) is 0 Å². The Morgan fingerprint density at radius 1 is 1.24 bits per heavy atom. The van der Waals surface area contributed by atoms with E-state index >= 15 is 0 Å². The van der Waals surface area contributed by atoms with Crippen molar-refractivity contribution in [1.82, 2.24) is 24.7 Å². The first kappa shape index (κ1) is 10.2. The molecule has 7 heteroatoms. The maximum absolute atomic E-state index is 5.70. The number of fused-ring (bicyclic) bond motifs is 1. The van der Waals surface area contributed by atoms with Crippen molar-refractivity contribution in [3.05, 3.63) is 23.1 Å². The monoisotopic (exact) mass is 246 g/mol. The third-order valence-electron chi connectivity index (χ3n) is 2.40. The maximum Gasteiger partial charge on any atom is 0.223 e. The van der Waals surface area contributed by atoms with E-state index in [-0.39, 0.29) is 5.95 Å². The Labute approximate surface area is 101 Å². The van der Waals surface area contributed by atoms with Crippen LogP contribution in [0, 0.1) is 13.8 Å². The summed E-state index contributed by atoms with van der Waals surface area (Å²) >= 11 is 1.53. The maximum atomic E-state index is 5.70. The van der Waals surface area contributed by atoms with Crippen molar-refractivity contribution in [3.63, 3.8) is 0 Å². The molecule has 17 heavy (non-hydrogen) atoms. The highest BCUT2D eigenvalue weighted by atomic mass is 32.1. The van der Waals surface area contributed by atoms with Gasteiger partial charge in [0.15, 0.2) is 5.82 Å². The molecule has 0 saturated carbocycles. The van der Waals surface area contributed by atoms with Crippen LogP contribution in [0.15, 0.2) is 11.4 Å². The Morgan fingerprint density at radius 2 is 2.06 bits per heavy atom. The molecule has 0 fully saturated rings. The van der Waals surface area contributed by atoms with E-state index in [1.807, 2.05) is 25.3 Å². The molecule has 0 atom stereocenters. The van der Waals surface area contributed by atoms with Crippen LogP contribution in [0.1, 0.15) is 11.6 Å². The SMILES string of the molecule is Cc1nc(C)n(-c2nc(N)nc3sccc23)n1. The van der Waals surface area contributed by atoms with Gasteiger partial charge < -0.3 is 5.73 Å². The molecule has 86 valence electrons. The molecule has 0 spiro atoms. The molecule has 0 aliphatic carbocycles. The third-order valence-corrected chi connectivity index (χ3v) is 3.20. The summed E-state index contributed by atoms with van der Waals surface area (Å²) in [5, 5.41) is 7.22. The van der Waals surface area contributed by atoms with Crippen molar-refractivity contribution in [2.45, 2.75) is 13.8 Å². The van der Waals surface area contributed by atoms with Gasteiger partial charge in [0, 0.05) is 0 Å². The van der Waals surface area contributed by atoms with Gasteiger partial charge in [0.2, 0.25) is 5.95 Å². The number of nitrogens with two attached hydrogens (primary N) is 1. The highest BCUT2D eigenvalue weighted by molar-refractivity contribution is 7.16. The first-order valence-electron chi connectivity index (χ1n) is 5.06. The minimum atomic E-state index is 0.252. The predicted molar refractivity (Wildman–Crippen MR) is 66.2 cm³/mol. The van der Waals surface area contributed by atoms with Crippen LogP contribution >= 0.6 is 11.3 Å². The average molecular weight is 246 g/mol. The van der Waals surface area contributed by atoms with E-state index in [9.17, 15) is 0 Å². The van der Waals surface area contributed by atoms with Crippen LogP contribution in [0.25, 0.3) is 16.0 Å². The van der Waals surface area contributed by atoms with E-state index < -0.39 is 0 Å². The van der Waals surface area contributed by atoms with E-state index in [1.165, 1.54) is 11.3 Å². The molecule has 3 aromatic rings. The number of nitrogens with zero attached hydrogens (tertiary/aromatic N) is 5. The number of rotatable bonds is 1. The fraction of sp³-hybridized carbons (Fsp3) is 0.200. The quantitative estimate of drug-likeness (QED) is 0.703. The van der Waals surface area contributed by atoms with Gasteiger partial charge in [0.05, 0.1) is 5.39 Å². The Morgan fingerprint density at radius 3 is 2.76 bits per heavy atom. The van der Waals surface area contributed by atoms with Gasteiger partial charge in [-0.15, -0.1) is 16.4 Å². The summed E-state index contributed by atoms with van der Waals surface area (Å²) in [7, 11) is 0. The topological polar surface area (TPSA) is 82.5 Å². The Kier molecular flexibility index (Phi) is 2.08. The van der Waals surface area contributed by atoms with E-state index in [4.69, 9.17) is 5.73 Å². The molecule has 0 aliphatic rings. The molecule has 0 unspecified atom stereocenters. The number of anilines is 1. The first-order chi connectivity index (χ1) is 8.15. The van der Waals surface area contributed by atoms with Crippen LogP contribution in [0.4, 0.5) is 5.95 Å². The number of aryl methyl sites for hydroxylation is 2. The second-order valence-corrected chi connectivity index (χ2v) is 4.56. The van der Waals surface area contributed by atoms with Gasteiger partial charge in [-0.05, 0) is 25.3 Å². The number of nitrogen functional groups attached to an aromatic ring is 1. The van der Waals surface area contributed by atoms with Crippen LogP contribution in [-0.2, 0) is 0 Å². The summed E-state index contributed by atoms with van der Waals surface area (Å²) < 4.78 is 1.70. The van der Waals surface area contributed by atoms with Gasteiger partial charge in [-0.25, -0.2) is 9.97 Å². The van der Waals surface area contributed by atoms with Crippen molar-refractivity contribution in [3.8, 4) is 5.82 Å². The Balaban J connectivity index is 2.36. The van der Waals surface area contributed by atoms with E-state index in [1.54, 1.807) is 4.68 Å². The summed E-state index contributed by atoms with van der Waals surface area (Å²) in [6, 6.07) is 1.96. The van der Waals surface area contributed by atoms with E-state index in [0.29, 0.717) is 11.6 Å². The minimum absolute atomic E-state index is 0.252. The Hall–Kier alpha value is -2.02. The summed E-state index contributed by atoms with van der Waals surface area (Å²) in [6.07, 6.45) is 0. The molecular formula is C10H10N6S. The van der Waals surface area contributed by atoms with Crippen molar-refractivity contribution < 1.29 is 0 Å². The van der Waals surface area contributed by atoms with Gasteiger partial charge >= 0.3 is 0 Å².